The van der Waals surface area contributed by atoms with Crippen molar-refractivity contribution in [1.29, 1.82) is 5.26 Å². The van der Waals surface area contributed by atoms with E-state index in [1.54, 1.807) is 0 Å². The first kappa shape index (κ1) is 12.9. The molecular weight excluding hydrogens is 246 g/mol. The van der Waals surface area contributed by atoms with E-state index < -0.39 is 0 Å². The Bertz CT molecular complexity index is 534. The predicted molar refractivity (Wildman–Crippen MR) is 70.2 cm³/mol. The number of carbonyl (C=O) groups is 1. The zero-order valence-corrected chi connectivity index (χ0v) is 11.1. The highest BCUT2D eigenvalue weighted by Gasteiger charge is 2.20. The minimum absolute atomic E-state index is 0.167. The first-order valence-electron chi connectivity index (χ1n) is 5.97. The Morgan fingerprint density at radius 1 is 1.44 bits per heavy atom. The molecule has 0 bridgehead atoms. The quantitative estimate of drug-likeness (QED) is 0.840. The fraction of sp³-hybridized carbons (Fsp3) is 0.462. The summed E-state index contributed by atoms with van der Waals surface area (Å²) >= 11 is 1.26. The molecule has 0 saturated heterocycles. The maximum absolute atomic E-state index is 10.8. The summed E-state index contributed by atoms with van der Waals surface area (Å²) < 4.78 is 0. The highest BCUT2D eigenvalue weighted by molar-refractivity contribution is 8.00. The topological polar surface area (TPSA) is 79.8 Å². The molecule has 0 aliphatic heterocycles. The van der Waals surface area contributed by atoms with Crippen LogP contribution >= 0.6 is 11.8 Å². The zero-order valence-electron chi connectivity index (χ0n) is 10.3. The summed E-state index contributed by atoms with van der Waals surface area (Å²) in [6, 6.07) is 2.24. The van der Waals surface area contributed by atoms with Crippen molar-refractivity contribution < 1.29 is 4.79 Å². The number of aryl methyl sites for hydroxylation is 1. The number of fused-ring (bicyclic) bond motifs is 1. The number of hydrogen-bond donors (Lipinski definition) is 1. The fourth-order valence-electron chi connectivity index (χ4n) is 2.34. The molecule has 0 aromatic carbocycles. The third kappa shape index (κ3) is 2.49. The van der Waals surface area contributed by atoms with E-state index in [4.69, 9.17) is 5.73 Å². The van der Waals surface area contributed by atoms with Crippen LogP contribution in [-0.4, -0.2) is 16.6 Å². The van der Waals surface area contributed by atoms with Gasteiger partial charge in [0, 0.05) is 5.69 Å². The molecule has 1 aliphatic carbocycles. The number of hydrogen-bond acceptors (Lipinski definition) is 4. The van der Waals surface area contributed by atoms with Crippen molar-refractivity contribution in [2.45, 2.75) is 37.6 Å². The second-order valence-electron chi connectivity index (χ2n) is 4.41. The maximum Gasteiger partial charge on any atom is 0.227 e. The highest BCUT2D eigenvalue weighted by atomic mass is 32.2. The normalized spacial score (nSPS) is 13.8. The first-order valence-corrected chi connectivity index (χ1v) is 6.95. The highest BCUT2D eigenvalue weighted by Crippen LogP contribution is 2.31. The van der Waals surface area contributed by atoms with Gasteiger partial charge in [-0.05, 0) is 43.7 Å². The predicted octanol–water partition coefficient (Wildman–Crippen LogP) is 1.72. The van der Waals surface area contributed by atoms with Gasteiger partial charge in [0.05, 0.1) is 11.3 Å². The van der Waals surface area contributed by atoms with Crippen molar-refractivity contribution in [2.24, 2.45) is 5.73 Å². The molecule has 0 atom stereocenters. The summed E-state index contributed by atoms with van der Waals surface area (Å²) in [7, 11) is 0. The number of amides is 1. The summed E-state index contributed by atoms with van der Waals surface area (Å²) in [5, 5.41) is 9.96. The van der Waals surface area contributed by atoms with Crippen molar-refractivity contribution in [1.82, 2.24) is 4.98 Å². The number of nitrogens with zero attached hydrogens (tertiary/aromatic N) is 2. The van der Waals surface area contributed by atoms with E-state index in [2.05, 4.69) is 11.1 Å². The van der Waals surface area contributed by atoms with Crippen LogP contribution in [0.25, 0.3) is 0 Å². The van der Waals surface area contributed by atoms with Crippen molar-refractivity contribution >= 4 is 17.7 Å². The molecule has 1 aromatic heterocycles. The molecule has 1 aliphatic rings. The van der Waals surface area contributed by atoms with Gasteiger partial charge in [-0.1, -0.05) is 11.8 Å². The van der Waals surface area contributed by atoms with E-state index in [0.29, 0.717) is 10.6 Å². The van der Waals surface area contributed by atoms with Crippen LogP contribution in [-0.2, 0) is 17.6 Å². The summed E-state index contributed by atoms with van der Waals surface area (Å²) in [5.74, 6) is -0.221. The Kier molecular flexibility index (Phi) is 3.87. The van der Waals surface area contributed by atoms with Crippen LogP contribution in [0.5, 0.6) is 0 Å². The van der Waals surface area contributed by atoms with Gasteiger partial charge < -0.3 is 5.73 Å². The van der Waals surface area contributed by atoms with Crippen molar-refractivity contribution in [3.05, 3.63) is 22.4 Å². The molecule has 4 nitrogen and oxygen atoms in total. The molecule has 0 spiro atoms. The Labute approximate surface area is 111 Å². The Balaban J connectivity index is 2.44. The molecule has 0 unspecified atom stereocenters. The summed E-state index contributed by atoms with van der Waals surface area (Å²) in [6.07, 6.45) is 4.22. The molecule has 1 heterocycles. The van der Waals surface area contributed by atoms with E-state index in [9.17, 15) is 10.1 Å². The van der Waals surface area contributed by atoms with Crippen LogP contribution in [0, 0.1) is 18.3 Å². The van der Waals surface area contributed by atoms with Crippen LogP contribution < -0.4 is 5.73 Å². The monoisotopic (exact) mass is 261 g/mol. The van der Waals surface area contributed by atoms with E-state index in [0.717, 1.165) is 36.9 Å². The zero-order chi connectivity index (χ0) is 13.1. The number of aromatic nitrogens is 1. The van der Waals surface area contributed by atoms with E-state index in [1.165, 1.54) is 17.3 Å². The Morgan fingerprint density at radius 3 is 2.72 bits per heavy atom. The average Bonchev–Trinajstić information content (AvgIpc) is 2.36. The average molecular weight is 261 g/mol. The molecule has 0 saturated carbocycles. The van der Waals surface area contributed by atoms with Gasteiger partial charge in [0.1, 0.15) is 11.1 Å². The number of primary amides is 1. The van der Waals surface area contributed by atoms with Crippen LogP contribution in [0.3, 0.4) is 0 Å². The number of nitrogens with two attached hydrogens (primary N) is 1. The number of pyridine rings is 1. The standard InChI is InChI=1S/C13H15N3OS/c1-8-9-4-2-3-5-10(9)11(6-14)13(16-8)18-7-12(15)17/h2-5,7H2,1H3,(H2,15,17). The van der Waals surface area contributed by atoms with Gasteiger partial charge in [-0.15, -0.1) is 0 Å². The van der Waals surface area contributed by atoms with Gasteiger partial charge in [-0.3, -0.25) is 4.79 Å². The number of thioether (sulfide) groups is 1. The molecule has 0 fully saturated rings. The lowest BCUT2D eigenvalue weighted by molar-refractivity contribution is -0.115. The molecular formula is C13H15N3OS. The van der Waals surface area contributed by atoms with Gasteiger partial charge >= 0.3 is 0 Å². The number of nitriles is 1. The molecule has 0 radical (unpaired) electrons. The van der Waals surface area contributed by atoms with Gasteiger partial charge in [-0.2, -0.15) is 5.26 Å². The van der Waals surface area contributed by atoms with Gasteiger partial charge in [0.25, 0.3) is 0 Å². The van der Waals surface area contributed by atoms with Crippen molar-refractivity contribution in [3.8, 4) is 6.07 Å². The second-order valence-corrected chi connectivity index (χ2v) is 5.37. The van der Waals surface area contributed by atoms with E-state index in [-0.39, 0.29) is 11.7 Å². The SMILES string of the molecule is Cc1nc(SCC(N)=O)c(C#N)c2c1CCCC2. The summed E-state index contributed by atoms with van der Waals surface area (Å²) in [5.41, 5.74) is 9.11. The smallest absolute Gasteiger partial charge is 0.227 e. The van der Waals surface area contributed by atoms with Crippen LogP contribution in [0.15, 0.2) is 5.03 Å². The Morgan fingerprint density at radius 2 is 2.11 bits per heavy atom. The molecule has 2 N–H and O–H groups in total. The molecule has 1 amide bonds. The lowest BCUT2D eigenvalue weighted by Gasteiger charge is -2.20. The molecule has 94 valence electrons. The van der Waals surface area contributed by atoms with Gasteiger partial charge in [-0.25, -0.2) is 4.98 Å². The first-order chi connectivity index (χ1) is 8.63. The van der Waals surface area contributed by atoms with Crippen LogP contribution in [0.4, 0.5) is 0 Å². The van der Waals surface area contributed by atoms with Crippen molar-refractivity contribution in [2.75, 3.05) is 5.75 Å². The Hall–Kier alpha value is -1.54. The third-order valence-electron chi connectivity index (χ3n) is 3.15. The minimum atomic E-state index is -0.388. The lowest BCUT2D eigenvalue weighted by Crippen LogP contribution is -2.15. The van der Waals surface area contributed by atoms with E-state index >= 15 is 0 Å². The maximum atomic E-state index is 10.8. The summed E-state index contributed by atoms with van der Waals surface area (Å²) in [6.45, 7) is 1.97. The van der Waals surface area contributed by atoms with E-state index in [1.807, 2.05) is 6.92 Å². The largest absolute Gasteiger partial charge is 0.369 e. The molecule has 2 rings (SSSR count). The van der Waals surface area contributed by atoms with Gasteiger partial charge in [0.2, 0.25) is 5.91 Å². The summed E-state index contributed by atoms with van der Waals surface area (Å²) in [4.78, 5) is 15.3. The minimum Gasteiger partial charge on any atom is -0.369 e. The van der Waals surface area contributed by atoms with Crippen molar-refractivity contribution in [3.63, 3.8) is 0 Å². The lowest BCUT2D eigenvalue weighted by atomic mass is 9.88. The molecule has 1 aromatic rings. The fourth-order valence-corrected chi connectivity index (χ4v) is 3.14. The van der Waals surface area contributed by atoms with Crippen LogP contribution in [0.2, 0.25) is 0 Å². The molecule has 18 heavy (non-hydrogen) atoms. The number of rotatable bonds is 3. The second kappa shape index (κ2) is 5.40. The third-order valence-corrected chi connectivity index (χ3v) is 4.15. The molecule has 5 heteroatoms. The number of carbonyl (C=O) groups excluding carboxylic acids is 1. The van der Waals surface area contributed by atoms with Gasteiger partial charge in [0.15, 0.2) is 0 Å². The van der Waals surface area contributed by atoms with Crippen LogP contribution in [0.1, 0.15) is 35.2 Å².